The Morgan fingerprint density at radius 1 is 1.21 bits per heavy atom. The first kappa shape index (κ1) is 18.6. The lowest BCUT2D eigenvalue weighted by Crippen LogP contribution is -2.69. The maximum atomic E-state index is 13.9. The van der Waals surface area contributed by atoms with Gasteiger partial charge in [0.1, 0.15) is 23.6 Å². The summed E-state index contributed by atoms with van der Waals surface area (Å²) in [5, 5.41) is 13.7. The monoisotopic (exact) mass is 387 g/mol. The third kappa shape index (κ3) is 3.16. The van der Waals surface area contributed by atoms with Crippen molar-refractivity contribution in [1.82, 2.24) is 24.5 Å². The van der Waals surface area contributed by atoms with Crippen LogP contribution in [0.2, 0.25) is 0 Å². The van der Waals surface area contributed by atoms with Gasteiger partial charge in [0, 0.05) is 45.0 Å². The molecule has 0 aliphatic carbocycles. The molecule has 3 heterocycles. The van der Waals surface area contributed by atoms with Crippen LogP contribution in [0, 0.1) is 5.82 Å². The van der Waals surface area contributed by atoms with Gasteiger partial charge in [-0.2, -0.15) is 5.10 Å². The van der Waals surface area contributed by atoms with E-state index in [1.807, 2.05) is 0 Å². The molecule has 9 heteroatoms. The number of hydrogen-bond acceptors (Lipinski definition) is 5. The van der Waals surface area contributed by atoms with Crippen molar-refractivity contribution < 1.29 is 19.1 Å². The van der Waals surface area contributed by atoms with Crippen molar-refractivity contribution in [3.63, 3.8) is 0 Å². The van der Waals surface area contributed by atoms with E-state index >= 15 is 0 Å². The first-order valence-corrected chi connectivity index (χ1v) is 9.18. The molecule has 2 saturated heterocycles. The van der Waals surface area contributed by atoms with Gasteiger partial charge in [0.05, 0.1) is 12.8 Å². The summed E-state index contributed by atoms with van der Waals surface area (Å²) in [5.41, 5.74) is 1.27. The fraction of sp³-hybridized carbons (Fsp3) is 0.421. The average Bonchev–Trinajstić information content (AvgIpc) is 3.15. The first-order chi connectivity index (χ1) is 13.5. The van der Waals surface area contributed by atoms with E-state index in [0.29, 0.717) is 31.9 Å². The Labute approximate surface area is 161 Å². The minimum Gasteiger partial charge on any atom is -0.394 e. The fourth-order valence-corrected chi connectivity index (χ4v) is 3.87. The van der Waals surface area contributed by atoms with Crippen molar-refractivity contribution in [3.8, 4) is 5.69 Å². The van der Waals surface area contributed by atoms with Crippen LogP contribution in [-0.2, 0) is 16.1 Å². The summed E-state index contributed by atoms with van der Waals surface area (Å²) >= 11 is 0. The summed E-state index contributed by atoms with van der Waals surface area (Å²) in [6.07, 6.45) is 3.45. The Kier molecular flexibility index (Phi) is 4.86. The van der Waals surface area contributed by atoms with Gasteiger partial charge in [0.15, 0.2) is 0 Å². The molecule has 2 atom stereocenters. The predicted molar refractivity (Wildman–Crippen MR) is 97.9 cm³/mol. The molecule has 0 bridgehead atoms. The Morgan fingerprint density at radius 3 is 2.75 bits per heavy atom. The molecule has 8 nitrogen and oxygen atoms in total. The highest BCUT2D eigenvalue weighted by molar-refractivity contribution is 5.97. The van der Waals surface area contributed by atoms with E-state index in [1.165, 1.54) is 15.6 Å². The summed E-state index contributed by atoms with van der Waals surface area (Å²) in [6.45, 7) is 1.64. The summed E-state index contributed by atoms with van der Waals surface area (Å²) in [6, 6.07) is 5.08. The second kappa shape index (κ2) is 7.33. The number of rotatable bonds is 4. The third-order valence-corrected chi connectivity index (χ3v) is 5.45. The molecule has 0 spiro atoms. The van der Waals surface area contributed by atoms with Crippen LogP contribution < -0.4 is 0 Å². The number of carbonyl (C=O) groups is 2. The lowest BCUT2D eigenvalue weighted by molar-refractivity contribution is -0.165. The molecule has 2 amide bonds. The quantitative estimate of drug-likeness (QED) is 0.790. The number of aromatic nitrogens is 2. The summed E-state index contributed by atoms with van der Waals surface area (Å²) in [7, 11) is 1.55. The van der Waals surface area contributed by atoms with Crippen LogP contribution >= 0.6 is 0 Å². The van der Waals surface area contributed by atoms with E-state index in [2.05, 4.69) is 10.00 Å². The second-order valence-electron chi connectivity index (χ2n) is 7.17. The zero-order valence-corrected chi connectivity index (χ0v) is 15.5. The number of piperazine rings is 2. The van der Waals surface area contributed by atoms with Crippen LogP contribution in [0.15, 0.2) is 36.7 Å². The highest BCUT2D eigenvalue weighted by atomic mass is 19.1. The molecule has 2 aromatic rings. The Hall–Kier alpha value is -2.78. The zero-order valence-electron chi connectivity index (χ0n) is 15.5. The Balaban J connectivity index is 1.46. The van der Waals surface area contributed by atoms with Crippen LogP contribution in [0.5, 0.6) is 0 Å². The van der Waals surface area contributed by atoms with Crippen molar-refractivity contribution in [2.75, 3.05) is 33.3 Å². The number of carbonyl (C=O) groups excluding carboxylic acids is 2. The van der Waals surface area contributed by atoms with Crippen molar-refractivity contribution in [3.05, 3.63) is 48.0 Å². The third-order valence-electron chi connectivity index (χ3n) is 5.45. The molecule has 1 aromatic heterocycles. The van der Waals surface area contributed by atoms with Crippen LogP contribution in [0.1, 0.15) is 5.56 Å². The number of aliphatic hydroxyl groups is 1. The van der Waals surface area contributed by atoms with Gasteiger partial charge in [0.2, 0.25) is 11.8 Å². The molecule has 0 unspecified atom stereocenters. The maximum Gasteiger partial charge on any atom is 0.248 e. The van der Waals surface area contributed by atoms with E-state index in [4.69, 9.17) is 0 Å². The van der Waals surface area contributed by atoms with Gasteiger partial charge in [0.25, 0.3) is 0 Å². The van der Waals surface area contributed by atoms with Crippen LogP contribution in [0.3, 0.4) is 0 Å². The highest BCUT2D eigenvalue weighted by Crippen LogP contribution is 2.22. The second-order valence-corrected chi connectivity index (χ2v) is 7.17. The van der Waals surface area contributed by atoms with E-state index < -0.39 is 12.1 Å². The van der Waals surface area contributed by atoms with E-state index in [0.717, 1.165) is 5.56 Å². The molecular formula is C19H22FN5O3. The van der Waals surface area contributed by atoms with Crippen molar-refractivity contribution >= 4 is 11.8 Å². The topological polar surface area (TPSA) is 81.9 Å². The van der Waals surface area contributed by atoms with Gasteiger partial charge >= 0.3 is 0 Å². The number of amides is 2. The van der Waals surface area contributed by atoms with Gasteiger partial charge in [-0.3, -0.25) is 14.5 Å². The maximum absolute atomic E-state index is 13.9. The van der Waals surface area contributed by atoms with Gasteiger partial charge < -0.3 is 14.9 Å². The molecule has 1 N–H and O–H groups in total. The van der Waals surface area contributed by atoms with Gasteiger partial charge in [-0.05, 0) is 12.1 Å². The normalized spacial score (nSPS) is 23.2. The Morgan fingerprint density at radius 2 is 2.00 bits per heavy atom. The largest absolute Gasteiger partial charge is 0.394 e. The summed E-state index contributed by atoms with van der Waals surface area (Å²) < 4.78 is 15.4. The number of nitrogens with zero attached hydrogens (tertiary/aromatic N) is 5. The zero-order chi connectivity index (χ0) is 19.8. The minimum absolute atomic E-state index is 0.162. The molecule has 0 radical (unpaired) electrons. The van der Waals surface area contributed by atoms with Crippen molar-refractivity contribution in [2.45, 2.75) is 18.6 Å². The number of aliphatic hydroxyl groups excluding tert-OH is 1. The SMILES string of the molecule is CN1C(=O)[C@H]2CN(Cc3cnn(-c4ccccc4F)c3)CCN2C(=O)[C@@H]1CO. The van der Waals surface area contributed by atoms with Crippen molar-refractivity contribution in [2.24, 2.45) is 0 Å². The summed E-state index contributed by atoms with van der Waals surface area (Å²) in [4.78, 5) is 30.1. The fourth-order valence-electron chi connectivity index (χ4n) is 3.87. The molecule has 0 saturated carbocycles. The Bertz CT molecular complexity index is 901. The van der Waals surface area contributed by atoms with Gasteiger partial charge in [-0.25, -0.2) is 9.07 Å². The molecule has 28 heavy (non-hydrogen) atoms. The molecule has 1 aromatic carbocycles. The number of hydrogen-bond donors (Lipinski definition) is 1. The number of benzene rings is 1. The average molecular weight is 387 g/mol. The van der Waals surface area contributed by atoms with Crippen molar-refractivity contribution in [1.29, 1.82) is 0 Å². The van der Waals surface area contributed by atoms with Gasteiger partial charge in [-0.15, -0.1) is 0 Å². The van der Waals surface area contributed by atoms with Crippen LogP contribution in [0.25, 0.3) is 5.69 Å². The molecule has 2 aliphatic heterocycles. The molecule has 148 valence electrons. The minimum atomic E-state index is -0.797. The van der Waals surface area contributed by atoms with E-state index in [9.17, 15) is 19.1 Å². The van der Waals surface area contributed by atoms with E-state index in [1.54, 1.807) is 42.5 Å². The molecule has 4 rings (SSSR count). The smallest absolute Gasteiger partial charge is 0.248 e. The molecule has 2 fully saturated rings. The van der Waals surface area contributed by atoms with Crippen LogP contribution in [0.4, 0.5) is 4.39 Å². The standard InChI is InChI=1S/C19H22FN5O3/c1-22-17(12-26)19(28)24-7-6-23(11-16(24)18(22)27)9-13-8-21-25(10-13)15-5-3-2-4-14(15)20/h2-5,8,10,16-17,26H,6-7,9,11-12H2,1H3/t16-,17+/m1/s1. The lowest BCUT2D eigenvalue weighted by atomic mass is 10.0. The molecular weight excluding hydrogens is 365 g/mol. The number of halogens is 1. The predicted octanol–water partition coefficient (Wildman–Crippen LogP) is -0.143. The van der Waals surface area contributed by atoms with E-state index in [-0.39, 0.29) is 24.2 Å². The number of likely N-dealkylation sites (N-methyl/N-ethyl adjacent to an activating group) is 1. The summed E-state index contributed by atoms with van der Waals surface area (Å²) in [5.74, 6) is -0.717. The lowest BCUT2D eigenvalue weighted by Gasteiger charge is -2.47. The number of fused-ring (bicyclic) bond motifs is 1. The van der Waals surface area contributed by atoms with Crippen LogP contribution in [-0.4, -0.2) is 86.8 Å². The molecule has 2 aliphatic rings. The number of para-hydroxylation sites is 1. The first-order valence-electron chi connectivity index (χ1n) is 9.18. The van der Waals surface area contributed by atoms with Gasteiger partial charge in [-0.1, -0.05) is 12.1 Å². The highest BCUT2D eigenvalue weighted by Gasteiger charge is 2.46.